The third-order valence-corrected chi connectivity index (χ3v) is 2.72. The summed E-state index contributed by atoms with van der Waals surface area (Å²) in [5.74, 6) is 0.367. The molecule has 0 saturated carbocycles. The second-order valence-electron chi connectivity index (χ2n) is 4.72. The third kappa shape index (κ3) is 3.50. The SMILES string of the molecule is CCCC(=O)CC(C)(C)c1ccccc1. The lowest BCUT2D eigenvalue weighted by atomic mass is 9.79. The van der Waals surface area contributed by atoms with Crippen LogP contribution in [0.15, 0.2) is 30.3 Å². The van der Waals surface area contributed by atoms with Crippen molar-refractivity contribution in [3.8, 4) is 0 Å². The Morgan fingerprint density at radius 1 is 1.20 bits per heavy atom. The van der Waals surface area contributed by atoms with Gasteiger partial charge >= 0.3 is 0 Å². The van der Waals surface area contributed by atoms with Crippen LogP contribution in [0, 0.1) is 0 Å². The zero-order valence-electron chi connectivity index (χ0n) is 9.92. The van der Waals surface area contributed by atoms with Crippen molar-refractivity contribution < 1.29 is 4.79 Å². The molecule has 0 aliphatic carbocycles. The molecular weight excluding hydrogens is 184 g/mol. The van der Waals surface area contributed by atoms with Crippen molar-refractivity contribution in [2.24, 2.45) is 0 Å². The minimum atomic E-state index is -0.0342. The Bertz CT molecular complexity index is 311. The summed E-state index contributed by atoms with van der Waals surface area (Å²) in [5.41, 5.74) is 1.21. The fourth-order valence-corrected chi connectivity index (χ4v) is 1.85. The molecule has 0 fully saturated rings. The number of Topliss-reactive ketones (excluding diaryl/α,β-unsaturated/α-hetero) is 1. The second-order valence-corrected chi connectivity index (χ2v) is 4.72. The minimum Gasteiger partial charge on any atom is -0.300 e. The lowest BCUT2D eigenvalue weighted by Gasteiger charge is -2.24. The average Bonchev–Trinajstić information content (AvgIpc) is 2.18. The van der Waals surface area contributed by atoms with Gasteiger partial charge in [0, 0.05) is 12.8 Å². The molecule has 0 aliphatic heterocycles. The number of rotatable bonds is 5. The first-order valence-electron chi connectivity index (χ1n) is 5.63. The van der Waals surface area contributed by atoms with Crippen LogP contribution in [0.4, 0.5) is 0 Å². The summed E-state index contributed by atoms with van der Waals surface area (Å²) >= 11 is 0. The van der Waals surface area contributed by atoms with Gasteiger partial charge in [-0.05, 0) is 17.4 Å². The van der Waals surface area contributed by atoms with E-state index in [0.29, 0.717) is 18.6 Å². The maximum Gasteiger partial charge on any atom is 0.133 e. The Balaban J connectivity index is 2.71. The van der Waals surface area contributed by atoms with E-state index in [2.05, 4.69) is 26.0 Å². The van der Waals surface area contributed by atoms with Crippen LogP contribution < -0.4 is 0 Å². The maximum atomic E-state index is 11.6. The van der Waals surface area contributed by atoms with Crippen LogP contribution in [-0.2, 0) is 10.2 Å². The molecule has 1 heteroatoms. The van der Waals surface area contributed by atoms with E-state index in [1.54, 1.807) is 0 Å². The molecule has 0 atom stereocenters. The largest absolute Gasteiger partial charge is 0.300 e. The molecule has 1 aromatic carbocycles. The molecule has 1 aromatic rings. The van der Waals surface area contributed by atoms with Crippen molar-refractivity contribution in [2.45, 2.75) is 45.4 Å². The van der Waals surface area contributed by atoms with Crippen molar-refractivity contribution in [3.05, 3.63) is 35.9 Å². The molecule has 0 aliphatic rings. The van der Waals surface area contributed by atoms with Crippen molar-refractivity contribution >= 4 is 5.78 Å². The highest BCUT2D eigenvalue weighted by Gasteiger charge is 2.23. The molecule has 0 bridgehead atoms. The van der Waals surface area contributed by atoms with E-state index in [9.17, 15) is 4.79 Å². The summed E-state index contributed by atoms with van der Waals surface area (Å²) < 4.78 is 0. The standard InChI is InChI=1S/C14H20O/c1-4-8-13(15)11-14(2,3)12-9-6-5-7-10-12/h5-7,9-10H,4,8,11H2,1-3H3. The van der Waals surface area contributed by atoms with Crippen LogP contribution in [-0.4, -0.2) is 5.78 Å². The highest BCUT2D eigenvalue weighted by molar-refractivity contribution is 5.79. The van der Waals surface area contributed by atoms with E-state index in [4.69, 9.17) is 0 Å². The third-order valence-electron chi connectivity index (χ3n) is 2.72. The van der Waals surface area contributed by atoms with E-state index >= 15 is 0 Å². The number of carbonyl (C=O) groups is 1. The molecule has 0 amide bonds. The molecule has 0 radical (unpaired) electrons. The predicted octanol–water partition coefficient (Wildman–Crippen LogP) is 3.72. The Labute approximate surface area is 92.5 Å². The van der Waals surface area contributed by atoms with Gasteiger partial charge in [-0.15, -0.1) is 0 Å². The Kier molecular flexibility index (Phi) is 4.07. The summed E-state index contributed by atoms with van der Waals surface area (Å²) in [4.78, 5) is 11.6. The van der Waals surface area contributed by atoms with E-state index in [1.165, 1.54) is 5.56 Å². The molecule has 0 aromatic heterocycles. The number of carbonyl (C=O) groups excluding carboxylic acids is 1. The zero-order chi connectivity index (χ0) is 11.3. The fourth-order valence-electron chi connectivity index (χ4n) is 1.85. The van der Waals surface area contributed by atoms with Gasteiger partial charge in [0.25, 0.3) is 0 Å². The fraction of sp³-hybridized carbons (Fsp3) is 0.500. The number of hydrogen-bond acceptors (Lipinski definition) is 1. The van der Waals surface area contributed by atoms with Crippen LogP contribution in [0.5, 0.6) is 0 Å². The number of hydrogen-bond donors (Lipinski definition) is 0. The normalized spacial score (nSPS) is 11.4. The summed E-state index contributed by atoms with van der Waals surface area (Å²) in [7, 11) is 0. The topological polar surface area (TPSA) is 17.1 Å². The summed E-state index contributed by atoms with van der Waals surface area (Å²) in [6.07, 6.45) is 2.30. The van der Waals surface area contributed by atoms with Crippen molar-refractivity contribution in [1.82, 2.24) is 0 Å². The van der Waals surface area contributed by atoms with Crippen molar-refractivity contribution in [1.29, 1.82) is 0 Å². The van der Waals surface area contributed by atoms with Crippen LogP contribution in [0.2, 0.25) is 0 Å². The van der Waals surface area contributed by atoms with Gasteiger partial charge in [0.1, 0.15) is 5.78 Å². The van der Waals surface area contributed by atoms with Gasteiger partial charge in [-0.3, -0.25) is 4.79 Å². The smallest absolute Gasteiger partial charge is 0.133 e. The van der Waals surface area contributed by atoms with Gasteiger partial charge in [0.05, 0.1) is 0 Å². The first-order valence-corrected chi connectivity index (χ1v) is 5.63. The predicted molar refractivity (Wildman–Crippen MR) is 64.0 cm³/mol. The first kappa shape index (κ1) is 12.0. The molecule has 0 unspecified atom stereocenters. The van der Waals surface area contributed by atoms with Crippen LogP contribution in [0.1, 0.15) is 45.6 Å². The van der Waals surface area contributed by atoms with Crippen molar-refractivity contribution in [2.75, 3.05) is 0 Å². The second kappa shape index (κ2) is 5.11. The molecule has 1 nitrogen and oxygen atoms in total. The molecule has 82 valence electrons. The van der Waals surface area contributed by atoms with Gasteiger partial charge in [0.2, 0.25) is 0 Å². The van der Waals surface area contributed by atoms with Gasteiger partial charge in [0.15, 0.2) is 0 Å². The molecule has 0 spiro atoms. The Hall–Kier alpha value is -1.11. The molecule has 1 rings (SSSR count). The molecule has 0 N–H and O–H groups in total. The van der Waals surface area contributed by atoms with E-state index in [-0.39, 0.29) is 5.41 Å². The molecule has 0 heterocycles. The first-order chi connectivity index (χ1) is 7.06. The van der Waals surface area contributed by atoms with Gasteiger partial charge in [-0.2, -0.15) is 0 Å². The average molecular weight is 204 g/mol. The Morgan fingerprint density at radius 2 is 1.80 bits per heavy atom. The summed E-state index contributed by atoms with van der Waals surface area (Å²) in [6.45, 7) is 6.32. The minimum absolute atomic E-state index is 0.0342. The van der Waals surface area contributed by atoms with Gasteiger partial charge < -0.3 is 0 Å². The van der Waals surface area contributed by atoms with E-state index in [1.807, 2.05) is 25.1 Å². The zero-order valence-corrected chi connectivity index (χ0v) is 9.92. The maximum absolute atomic E-state index is 11.6. The molecule has 15 heavy (non-hydrogen) atoms. The number of benzene rings is 1. The number of ketones is 1. The highest BCUT2D eigenvalue weighted by atomic mass is 16.1. The van der Waals surface area contributed by atoms with Gasteiger partial charge in [-0.25, -0.2) is 0 Å². The monoisotopic (exact) mass is 204 g/mol. The van der Waals surface area contributed by atoms with Crippen LogP contribution in [0.3, 0.4) is 0 Å². The lowest BCUT2D eigenvalue weighted by molar-refractivity contribution is -0.120. The van der Waals surface area contributed by atoms with Crippen LogP contribution in [0.25, 0.3) is 0 Å². The summed E-state index contributed by atoms with van der Waals surface area (Å²) in [5, 5.41) is 0. The lowest BCUT2D eigenvalue weighted by Crippen LogP contribution is -2.21. The van der Waals surface area contributed by atoms with Crippen molar-refractivity contribution in [3.63, 3.8) is 0 Å². The van der Waals surface area contributed by atoms with Gasteiger partial charge in [-0.1, -0.05) is 51.1 Å². The van der Waals surface area contributed by atoms with E-state index < -0.39 is 0 Å². The Morgan fingerprint density at radius 3 is 2.33 bits per heavy atom. The van der Waals surface area contributed by atoms with Crippen LogP contribution >= 0.6 is 0 Å². The molecular formula is C14H20O. The summed E-state index contributed by atoms with van der Waals surface area (Å²) in [6, 6.07) is 10.3. The highest BCUT2D eigenvalue weighted by Crippen LogP contribution is 2.27. The quantitative estimate of drug-likeness (QED) is 0.714. The molecule has 0 saturated heterocycles. The van der Waals surface area contributed by atoms with E-state index in [0.717, 1.165) is 6.42 Å².